The second-order valence-corrected chi connectivity index (χ2v) is 5.32. The topological polar surface area (TPSA) is 58.6 Å². The van der Waals surface area contributed by atoms with Crippen LogP contribution in [0.3, 0.4) is 0 Å². The number of nitrogens with one attached hydrogen (secondary N) is 1. The van der Waals surface area contributed by atoms with Crippen LogP contribution >= 0.6 is 0 Å². The van der Waals surface area contributed by atoms with Crippen molar-refractivity contribution in [1.82, 2.24) is 5.32 Å². The molecule has 0 saturated heterocycles. The summed E-state index contributed by atoms with van der Waals surface area (Å²) in [5.41, 5.74) is 0.275. The molecule has 100 valence electrons. The van der Waals surface area contributed by atoms with E-state index in [0.717, 1.165) is 0 Å². The zero-order valence-electron chi connectivity index (χ0n) is 11.4. The van der Waals surface area contributed by atoms with Gasteiger partial charge in [-0.1, -0.05) is 26.8 Å². The maximum atomic E-state index is 11.9. The van der Waals surface area contributed by atoms with Gasteiger partial charge < -0.3 is 15.2 Å². The van der Waals surface area contributed by atoms with E-state index in [4.69, 9.17) is 4.74 Å². The molecule has 4 nitrogen and oxygen atoms in total. The number of ether oxygens (including phenoxy) is 1. The highest BCUT2D eigenvalue weighted by Crippen LogP contribution is 2.18. The zero-order valence-corrected chi connectivity index (χ0v) is 11.4. The van der Waals surface area contributed by atoms with Gasteiger partial charge in [0.15, 0.2) is 0 Å². The van der Waals surface area contributed by atoms with Crippen molar-refractivity contribution in [3.05, 3.63) is 29.8 Å². The average Bonchev–Trinajstić information content (AvgIpc) is 2.34. The van der Waals surface area contributed by atoms with Crippen molar-refractivity contribution in [3.8, 4) is 5.75 Å². The van der Waals surface area contributed by atoms with Gasteiger partial charge in [-0.05, 0) is 23.6 Å². The van der Waals surface area contributed by atoms with Crippen LogP contribution in [0.15, 0.2) is 24.3 Å². The van der Waals surface area contributed by atoms with Crippen LogP contribution in [0, 0.1) is 5.41 Å². The number of carbonyl (C=O) groups is 1. The highest BCUT2D eigenvalue weighted by molar-refractivity contribution is 5.94. The van der Waals surface area contributed by atoms with Crippen molar-refractivity contribution in [3.63, 3.8) is 0 Å². The Morgan fingerprint density at radius 1 is 1.44 bits per heavy atom. The third kappa shape index (κ3) is 4.04. The van der Waals surface area contributed by atoms with Gasteiger partial charge >= 0.3 is 0 Å². The van der Waals surface area contributed by atoms with Gasteiger partial charge in [0, 0.05) is 12.1 Å². The molecule has 1 aromatic carbocycles. The lowest BCUT2D eigenvalue weighted by atomic mass is 9.89. The highest BCUT2D eigenvalue weighted by Gasteiger charge is 2.22. The van der Waals surface area contributed by atoms with E-state index in [0.29, 0.717) is 11.3 Å². The van der Waals surface area contributed by atoms with Crippen LogP contribution < -0.4 is 10.1 Å². The molecular weight excluding hydrogens is 230 g/mol. The molecule has 0 aliphatic carbocycles. The number of aliphatic hydroxyl groups is 1. The van der Waals surface area contributed by atoms with Gasteiger partial charge in [0.05, 0.1) is 13.2 Å². The standard InChI is InChI=1S/C14H21NO3/c1-14(2,3)12(16)9-15-13(17)10-6-5-7-11(8-10)18-4/h5-8,12,16H,9H2,1-4H3,(H,15,17). The Hall–Kier alpha value is -1.55. The average molecular weight is 251 g/mol. The molecule has 0 radical (unpaired) electrons. The van der Waals surface area contributed by atoms with Crippen LogP contribution in [-0.4, -0.2) is 30.8 Å². The van der Waals surface area contributed by atoms with Crippen molar-refractivity contribution in [2.75, 3.05) is 13.7 Å². The summed E-state index contributed by atoms with van der Waals surface area (Å²) in [6.07, 6.45) is -0.577. The molecule has 0 fully saturated rings. The normalized spacial score (nSPS) is 12.9. The molecule has 0 aliphatic rings. The minimum absolute atomic E-state index is 0.211. The molecule has 4 heteroatoms. The second-order valence-electron chi connectivity index (χ2n) is 5.32. The maximum absolute atomic E-state index is 11.9. The number of methoxy groups -OCH3 is 1. The molecule has 0 aliphatic heterocycles. The number of hydrogen-bond acceptors (Lipinski definition) is 3. The van der Waals surface area contributed by atoms with E-state index in [9.17, 15) is 9.90 Å². The molecule has 0 bridgehead atoms. The van der Waals surface area contributed by atoms with E-state index in [1.165, 1.54) is 0 Å². The molecule has 1 atom stereocenters. The van der Waals surface area contributed by atoms with Crippen molar-refractivity contribution in [2.45, 2.75) is 26.9 Å². The van der Waals surface area contributed by atoms with E-state index < -0.39 is 6.10 Å². The quantitative estimate of drug-likeness (QED) is 0.858. The lowest BCUT2D eigenvalue weighted by Crippen LogP contribution is -2.39. The second kappa shape index (κ2) is 5.87. The summed E-state index contributed by atoms with van der Waals surface area (Å²) in [7, 11) is 1.56. The number of amides is 1. The first-order valence-electron chi connectivity index (χ1n) is 5.95. The van der Waals surface area contributed by atoms with E-state index >= 15 is 0 Å². The van der Waals surface area contributed by atoms with Gasteiger partial charge in [-0.2, -0.15) is 0 Å². The first-order chi connectivity index (χ1) is 8.34. The molecule has 2 N–H and O–H groups in total. The highest BCUT2D eigenvalue weighted by atomic mass is 16.5. The molecule has 1 aromatic rings. The summed E-state index contributed by atoms with van der Waals surface area (Å²) >= 11 is 0. The predicted octanol–water partition coefficient (Wildman–Crippen LogP) is 1.83. The molecule has 1 unspecified atom stereocenters. The SMILES string of the molecule is COc1cccc(C(=O)NCC(O)C(C)(C)C)c1. The first-order valence-corrected chi connectivity index (χ1v) is 5.95. The van der Waals surface area contributed by atoms with Gasteiger partial charge in [0.1, 0.15) is 5.75 Å². The number of hydrogen-bond donors (Lipinski definition) is 2. The Morgan fingerprint density at radius 3 is 2.67 bits per heavy atom. The molecular formula is C14H21NO3. The lowest BCUT2D eigenvalue weighted by Gasteiger charge is -2.25. The molecule has 1 rings (SSSR count). The van der Waals surface area contributed by atoms with Crippen molar-refractivity contribution >= 4 is 5.91 Å². The van der Waals surface area contributed by atoms with Crippen LogP contribution in [0.5, 0.6) is 5.75 Å². The maximum Gasteiger partial charge on any atom is 0.251 e. The van der Waals surface area contributed by atoms with Gasteiger partial charge in [0.2, 0.25) is 0 Å². The number of carbonyl (C=O) groups excluding carboxylic acids is 1. The summed E-state index contributed by atoms with van der Waals surface area (Å²) in [4.78, 5) is 11.9. The number of benzene rings is 1. The molecule has 18 heavy (non-hydrogen) atoms. The van der Waals surface area contributed by atoms with Crippen LogP contribution in [0.4, 0.5) is 0 Å². The minimum Gasteiger partial charge on any atom is -0.497 e. The Morgan fingerprint density at radius 2 is 2.11 bits per heavy atom. The fraction of sp³-hybridized carbons (Fsp3) is 0.500. The minimum atomic E-state index is -0.577. The summed E-state index contributed by atoms with van der Waals surface area (Å²) in [6.45, 7) is 6.01. The Kier molecular flexibility index (Phi) is 4.73. The first kappa shape index (κ1) is 14.5. The lowest BCUT2D eigenvalue weighted by molar-refractivity contribution is 0.0587. The Balaban J connectivity index is 2.60. The van der Waals surface area contributed by atoms with E-state index in [1.54, 1.807) is 31.4 Å². The van der Waals surface area contributed by atoms with Crippen molar-refractivity contribution in [1.29, 1.82) is 0 Å². The van der Waals surface area contributed by atoms with Crippen molar-refractivity contribution < 1.29 is 14.6 Å². The number of rotatable bonds is 4. The van der Waals surface area contributed by atoms with Gasteiger partial charge in [-0.25, -0.2) is 0 Å². The fourth-order valence-electron chi connectivity index (χ4n) is 1.36. The Labute approximate surface area is 108 Å². The summed E-state index contributed by atoms with van der Waals surface area (Å²) < 4.78 is 5.06. The van der Waals surface area contributed by atoms with E-state index in [1.807, 2.05) is 20.8 Å². The number of aliphatic hydroxyl groups excluding tert-OH is 1. The smallest absolute Gasteiger partial charge is 0.251 e. The third-order valence-electron chi connectivity index (χ3n) is 2.79. The zero-order chi connectivity index (χ0) is 13.8. The fourth-order valence-corrected chi connectivity index (χ4v) is 1.36. The van der Waals surface area contributed by atoms with Crippen LogP contribution in [0.1, 0.15) is 31.1 Å². The summed E-state index contributed by atoms with van der Waals surface area (Å²) in [5, 5.41) is 12.6. The summed E-state index contributed by atoms with van der Waals surface area (Å²) in [5.74, 6) is 0.427. The Bertz CT molecular complexity index is 410. The third-order valence-corrected chi connectivity index (χ3v) is 2.79. The van der Waals surface area contributed by atoms with Crippen LogP contribution in [0.2, 0.25) is 0 Å². The summed E-state index contributed by atoms with van der Waals surface area (Å²) in [6, 6.07) is 6.91. The molecule has 0 aromatic heterocycles. The van der Waals surface area contributed by atoms with Gasteiger partial charge in [0.25, 0.3) is 5.91 Å². The van der Waals surface area contributed by atoms with Crippen molar-refractivity contribution in [2.24, 2.45) is 5.41 Å². The van der Waals surface area contributed by atoms with Crippen LogP contribution in [0.25, 0.3) is 0 Å². The molecule has 0 spiro atoms. The predicted molar refractivity (Wildman–Crippen MR) is 70.8 cm³/mol. The monoisotopic (exact) mass is 251 g/mol. The van der Waals surface area contributed by atoms with Gasteiger partial charge in [-0.3, -0.25) is 4.79 Å². The molecule has 0 saturated carbocycles. The van der Waals surface area contributed by atoms with E-state index in [2.05, 4.69) is 5.32 Å². The van der Waals surface area contributed by atoms with Crippen LogP contribution in [-0.2, 0) is 0 Å². The van der Waals surface area contributed by atoms with Gasteiger partial charge in [-0.15, -0.1) is 0 Å². The molecule has 1 amide bonds. The largest absolute Gasteiger partial charge is 0.497 e. The molecule has 0 heterocycles. The van der Waals surface area contributed by atoms with E-state index in [-0.39, 0.29) is 17.9 Å².